The first-order chi connectivity index (χ1) is 19.5. The van der Waals surface area contributed by atoms with Crippen LogP contribution < -0.4 is 20.9 Å². The van der Waals surface area contributed by atoms with Crippen LogP contribution in [0.4, 0.5) is 27.9 Å². The highest BCUT2D eigenvalue weighted by atomic mass is 35.5. The van der Waals surface area contributed by atoms with Crippen molar-refractivity contribution in [3.05, 3.63) is 34.6 Å². The minimum Gasteiger partial charge on any atom is -0.479 e. The summed E-state index contributed by atoms with van der Waals surface area (Å²) < 4.78 is 6.00. The van der Waals surface area contributed by atoms with E-state index in [9.17, 15) is 30.3 Å². The smallest absolute Gasteiger partial charge is 0.407 e. The molecule has 0 aliphatic carbocycles. The zero-order valence-electron chi connectivity index (χ0n) is 22.3. The highest BCUT2D eigenvalue weighted by molar-refractivity contribution is 6.36. The number of imidazole rings is 1. The predicted molar refractivity (Wildman–Crippen MR) is 147 cm³/mol. The van der Waals surface area contributed by atoms with Gasteiger partial charge in [-0.25, -0.2) is 14.6 Å². The molecule has 1 aliphatic rings. The monoisotopic (exact) mass is 582 g/mol. The summed E-state index contributed by atoms with van der Waals surface area (Å²) in [6.45, 7) is 3.85. The van der Waals surface area contributed by atoms with Gasteiger partial charge in [-0.15, -0.1) is 5.10 Å². The number of nitrogens with zero attached hydrogens (tertiary/aromatic N) is 7. The number of alkyl carbamates (subject to hydrolysis) is 1. The van der Waals surface area contributed by atoms with Gasteiger partial charge in [0.2, 0.25) is 5.95 Å². The normalized spacial score (nSPS) is 18.1. The molecule has 3 atom stereocenters. The molecule has 41 heavy (non-hydrogen) atoms. The van der Waals surface area contributed by atoms with Crippen LogP contribution in [0.3, 0.4) is 0 Å². The summed E-state index contributed by atoms with van der Waals surface area (Å²) in [5.41, 5.74) is -0.771. The van der Waals surface area contributed by atoms with E-state index >= 15 is 0 Å². The quantitative estimate of drug-likeness (QED) is 0.257. The number of halogens is 1. The van der Waals surface area contributed by atoms with E-state index < -0.39 is 29.6 Å². The molecule has 1 aliphatic heterocycles. The van der Waals surface area contributed by atoms with Crippen molar-refractivity contribution in [3.8, 4) is 12.1 Å². The van der Waals surface area contributed by atoms with Crippen molar-refractivity contribution in [2.24, 2.45) is 5.92 Å². The van der Waals surface area contributed by atoms with Crippen LogP contribution in [0.2, 0.25) is 5.02 Å². The van der Waals surface area contributed by atoms with Crippen LogP contribution in [0.1, 0.15) is 31.5 Å². The average molecular weight is 583 g/mol. The van der Waals surface area contributed by atoms with Crippen molar-refractivity contribution >= 4 is 52.5 Å². The number of hydrogen-bond acceptors (Lipinski definition) is 12. The number of carbonyl (C=O) groups is 2. The number of anilines is 4. The number of nitriles is 2. The number of piperidine rings is 1. The molecular weight excluding hydrogens is 556 g/mol. The van der Waals surface area contributed by atoms with Crippen molar-refractivity contribution in [2.45, 2.75) is 31.9 Å². The van der Waals surface area contributed by atoms with Crippen molar-refractivity contribution in [2.75, 3.05) is 42.3 Å². The van der Waals surface area contributed by atoms with E-state index in [0.717, 1.165) is 6.92 Å². The molecule has 0 spiro atoms. The van der Waals surface area contributed by atoms with Crippen LogP contribution in [-0.4, -0.2) is 80.2 Å². The predicted octanol–water partition coefficient (Wildman–Crippen LogP) is 2.08. The molecular formula is C25H27ClN10O5. The fourth-order valence-electron chi connectivity index (χ4n) is 4.69. The molecule has 0 saturated carbocycles. The van der Waals surface area contributed by atoms with Gasteiger partial charge in [0.05, 0.1) is 41.3 Å². The van der Waals surface area contributed by atoms with Crippen LogP contribution >= 0.6 is 11.6 Å². The fourth-order valence-corrected chi connectivity index (χ4v) is 4.97. The second-order valence-corrected chi connectivity index (χ2v) is 9.81. The first kappa shape index (κ1) is 29.1. The maximum Gasteiger partial charge on any atom is 0.407 e. The number of nitrogens with one attached hydrogen (secondary N) is 3. The molecule has 3 aromatic rings. The Morgan fingerprint density at radius 1 is 1.32 bits per heavy atom. The number of aliphatic hydroxyl groups is 1. The maximum absolute atomic E-state index is 11.9. The van der Waals surface area contributed by atoms with E-state index in [0.29, 0.717) is 30.2 Å². The summed E-state index contributed by atoms with van der Waals surface area (Å²) in [4.78, 5) is 34.3. The highest BCUT2D eigenvalue weighted by Crippen LogP contribution is 2.39. The van der Waals surface area contributed by atoms with Crippen molar-refractivity contribution in [1.82, 2.24) is 24.9 Å². The van der Waals surface area contributed by atoms with Gasteiger partial charge in [0, 0.05) is 31.6 Å². The third-order valence-electron chi connectivity index (χ3n) is 6.85. The van der Waals surface area contributed by atoms with Crippen molar-refractivity contribution < 1.29 is 24.5 Å². The van der Waals surface area contributed by atoms with E-state index in [1.54, 1.807) is 11.0 Å². The molecule has 0 radical (unpaired) electrons. The van der Waals surface area contributed by atoms with Crippen LogP contribution in [0.5, 0.6) is 0 Å². The summed E-state index contributed by atoms with van der Waals surface area (Å²) >= 11 is 6.82. The Kier molecular flexibility index (Phi) is 8.32. The highest BCUT2D eigenvalue weighted by Gasteiger charge is 2.47. The number of carbonyl (C=O) groups excluding carboxylic acids is 1. The molecule has 1 unspecified atom stereocenters. The maximum atomic E-state index is 11.9. The molecule has 16 heteroatoms. The van der Waals surface area contributed by atoms with E-state index in [4.69, 9.17) is 11.6 Å². The van der Waals surface area contributed by atoms with Crippen molar-refractivity contribution in [1.29, 1.82) is 10.5 Å². The Bertz CT molecular complexity index is 1580. The molecule has 214 valence electrons. The summed E-state index contributed by atoms with van der Waals surface area (Å²) in [6, 6.07) is 6.44. The largest absolute Gasteiger partial charge is 0.479 e. The first-order valence-electron chi connectivity index (χ1n) is 12.5. The molecule has 3 heterocycles. The Balaban J connectivity index is 1.73. The Labute approximate surface area is 239 Å². The zero-order chi connectivity index (χ0) is 29.9. The summed E-state index contributed by atoms with van der Waals surface area (Å²) in [6.07, 6.45) is 0.872. The number of carboxylic acids is 1. The number of fused-ring (bicyclic) bond motifs is 1. The molecule has 5 N–H and O–H groups in total. The number of methoxy groups -OCH3 is 1. The molecule has 0 bridgehead atoms. The van der Waals surface area contributed by atoms with E-state index in [1.165, 1.54) is 23.9 Å². The first-order valence-corrected chi connectivity index (χ1v) is 12.9. The van der Waals surface area contributed by atoms with E-state index in [2.05, 4.69) is 41.8 Å². The van der Waals surface area contributed by atoms with Crippen LogP contribution in [0.25, 0.3) is 5.65 Å². The molecule has 1 fully saturated rings. The van der Waals surface area contributed by atoms with Crippen LogP contribution in [0.15, 0.2) is 18.3 Å². The van der Waals surface area contributed by atoms with E-state index in [-0.39, 0.29) is 40.9 Å². The third kappa shape index (κ3) is 5.72. The summed E-state index contributed by atoms with van der Waals surface area (Å²) in [7, 11) is 1.19. The second kappa shape index (κ2) is 11.7. The lowest BCUT2D eigenvalue weighted by atomic mass is 9.79. The van der Waals surface area contributed by atoms with Gasteiger partial charge in [0.1, 0.15) is 6.07 Å². The third-order valence-corrected chi connectivity index (χ3v) is 7.24. The Hall–Kier alpha value is -4.86. The van der Waals surface area contributed by atoms with Crippen LogP contribution in [-0.2, 0) is 9.53 Å². The van der Waals surface area contributed by atoms with Crippen LogP contribution in [0, 0.1) is 28.6 Å². The number of benzene rings is 1. The number of rotatable bonds is 8. The van der Waals surface area contributed by atoms with Gasteiger partial charge in [-0.2, -0.15) is 20.0 Å². The minimum absolute atomic E-state index is 0.0183. The Morgan fingerprint density at radius 3 is 2.71 bits per heavy atom. The lowest BCUT2D eigenvalue weighted by molar-refractivity contribution is -0.164. The SMILES string of the molecule is CCNc1nc(Nc2cc(C#N)cc(N3CC[C@@H](NC(=O)OC)[C@H](C(C)(O)C(=O)O)C3)c2Cl)nn2c(C#N)cnc12. The molecule has 1 aromatic carbocycles. The lowest BCUT2D eigenvalue weighted by Gasteiger charge is -2.44. The molecule has 15 nitrogen and oxygen atoms in total. The van der Waals surface area contributed by atoms with Gasteiger partial charge in [-0.1, -0.05) is 11.6 Å². The Morgan fingerprint density at radius 2 is 2.07 bits per heavy atom. The number of hydrogen-bond donors (Lipinski definition) is 5. The minimum atomic E-state index is -2.21. The number of amides is 1. The fraction of sp³-hybridized carbons (Fsp3) is 0.400. The second-order valence-electron chi connectivity index (χ2n) is 9.43. The van der Waals surface area contributed by atoms with Gasteiger partial charge >= 0.3 is 12.1 Å². The number of aliphatic carboxylic acids is 1. The molecule has 4 rings (SSSR count). The number of carboxylic acid groups (broad SMARTS) is 1. The standard InChI is InChI=1S/C25H27ClN10O5/c1-4-29-20-21-30-11-14(10-28)36(21)34-23(33-20)31-17-7-13(9-27)8-18(19(17)26)35-6-5-16(32-24(39)41-3)15(12-35)25(2,40)22(37)38/h7-8,11,15-16,40H,4-6,12H2,1-3H3,(H,32,39)(H,37,38)(H2,29,31,33,34)/t15-,16-,25?/m1/s1. The van der Waals surface area contributed by atoms with Gasteiger partial charge < -0.3 is 35.8 Å². The molecule has 1 amide bonds. The topological polar surface area (TPSA) is 214 Å². The number of aromatic nitrogens is 4. The van der Waals surface area contributed by atoms with Gasteiger partial charge in [-0.05, 0) is 32.4 Å². The van der Waals surface area contributed by atoms with Gasteiger partial charge in [0.25, 0.3) is 0 Å². The van der Waals surface area contributed by atoms with E-state index in [1.807, 2.05) is 13.0 Å². The zero-order valence-corrected chi connectivity index (χ0v) is 23.1. The van der Waals surface area contributed by atoms with Crippen molar-refractivity contribution in [3.63, 3.8) is 0 Å². The molecule has 1 saturated heterocycles. The summed E-state index contributed by atoms with van der Waals surface area (Å²) in [5.74, 6) is -1.98. The lowest BCUT2D eigenvalue weighted by Crippen LogP contribution is -2.61. The summed E-state index contributed by atoms with van der Waals surface area (Å²) in [5, 5.41) is 53.0. The van der Waals surface area contributed by atoms with Gasteiger partial charge in [0.15, 0.2) is 22.8 Å². The molecule has 2 aromatic heterocycles. The van der Waals surface area contributed by atoms with Gasteiger partial charge in [-0.3, -0.25) is 0 Å². The number of ether oxygens (including phenoxy) is 1. The average Bonchev–Trinajstić information content (AvgIpc) is 3.37.